The van der Waals surface area contributed by atoms with E-state index in [-0.39, 0.29) is 5.75 Å². The van der Waals surface area contributed by atoms with E-state index in [0.717, 1.165) is 50.5 Å². The van der Waals surface area contributed by atoms with Gasteiger partial charge in [-0.3, -0.25) is 0 Å². The molecule has 0 fully saturated rings. The molecule has 1 aliphatic heterocycles. The van der Waals surface area contributed by atoms with Crippen molar-refractivity contribution in [3.05, 3.63) is 120 Å². The summed E-state index contributed by atoms with van der Waals surface area (Å²) in [6.45, 7) is 8.27. The normalized spacial score (nSPS) is 13.0. The quantitative estimate of drug-likeness (QED) is 0.368. The summed E-state index contributed by atoms with van der Waals surface area (Å²) in [6, 6.07) is 30.8. The van der Waals surface area contributed by atoms with Gasteiger partial charge in [0.15, 0.2) is 0 Å². The highest BCUT2D eigenvalue weighted by molar-refractivity contribution is 5.92. The van der Waals surface area contributed by atoms with Gasteiger partial charge in [-0.25, -0.2) is 0 Å². The van der Waals surface area contributed by atoms with Gasteiger partial charge in [-0.05, 0) is 83.1 Å². The summed E-state index contributed by atoms with van der Waals surface area (Å²) in [5.74, 6) is 1.86. The topological polar surface area (TPSA) is 29.5 Å². The minimum absolute atomic E-state index is 0.282. The van der Waals surface area contributed by atoms with Crippen molar-refractivity contribution < 1.29 is 9.84 Å². The first-order valence-electron chi connectivity index (χ1n) is 10.7. The van der Waals surface area contributed by atoms with Crippen LogP contribution in [0.25, 0.3) is 33.6 Å². The van der Waals surface area contributed by atoms with Crippen LogP contribution in [0.2, 0.25) is 0 Å². The lowest BCUT2D eigenvalue weighted by Crippen LogP contribution is -2.07. The van der Waals surface area contributed by atoms with E-state index in [2.05, 4.69) is 67.2 Å². The second-order valence-electron chi connectivity index (χ2n) is 8.19. The highest BCUT2D eigenvalue weighted by Gasteiger charge is 2.22. The van der Waals surface area contributed by atoms with Crippen molar-refractivity contribution in [1.82, 2.24) is 0 Å². The van der Waals surface area contributed by atoms with Gasteiger partial charge < -0.3 is 9.84 Å². The van der Waals surface area contributed by atoms with Crippen LogP contribution in [-0.2, 0) is 0 Å². The molecule has 0 saturated heterocycles. The molecular weight excluding hydrogens is 392 g/mol. The lowest BCUT2D eigenvalue weighted by Gasteiger charge is -2.25. The molecule has 1 N–H and O–H groups in total. The van der Waals surface area contributed by atoms with Crippen LogP contribution >= 0.6 is 0 Å². The Morgan fingerprint density at radius 1 is 0.656 bits per heavy atom. The van der Waals surface area contributed by atoms with Gasteiger partial charge in [0.1, 0.15) is 17.3 Å². The molecule has 0 saturated carbocycles. The summed E-state index contributed by atoms with van der Waals surface area (Å²) >= 11 is 0. The molecular formula is C30H24O2. The van der Waals surface area contributed by atoms with Gasteiger partial charge in [0.25, 0.3) is 0 Å². The number of aryl methyl sites for hydroxylation is 1. The van der Waals surface area contributed by atoms with Crippen LogP contribution in [0.4, 0.5) is 0 Å². The molecule has 156 valence electrons. The minimum Gasteiger partial charge on any atom is -0.508 e. The molecule has 5 rings (SSSR count). The molecule has 0 bridgehead atoms. The summed E-state index contributed by atoms with van der Waals surface area (Å²) in [5, 5.41) is 9.86. The van der Waals surface area contributed by atoms with Crippen molar-refractivity contribution >= 4 is 11.3 Å². The van der Waals surface area contributed by atoms with Crippen molar-refractivity contribution in [3.63, 3.8) is 0 Å². The van der Waals surface area contributed by atoms with Gasteiger partial charge in [-0.15, -0.1) is 0 Å². The lowest BCUT2D eigenvalue weighted by molar-refractivity contribution is 0.470. The fourth-order valence-electron chi connectivity index (χ4n) is 4.12. The number of hydrogen-bond donors (Lipinski definition) is 1. The second-order valence-corrected chi connectivity index (χ2v) is 8.19. The van der Waals surface area contributed by atoms with Crippen molar-refractivity contribution in [3.8, 4) is 33.8 Å². The molecule has 2 heteroatoms. The molecule has 32 heavy (non-hydrogen) atoms. The van der Waals surface area contributed by atoms with E-state index in [0.29, 0.717) is 0 Å². The van der Waals surface area contributed by atoms with Gasteiger partial charge in [0.2, 0.25) is 0 Å². The van der Waals surface area contributed by atoms with E-state index in [1.807, 2.05) is 38.1 Å². The van der Waals surface area contributed by atoms with E-state index >= 15 is 0 Å². The van der Waals surface area contributed by atoms with E-state index in [1.54, 1.807) is 6.07 Å². The van der Waals surface area contributed by atoms with Crippen molar-refractivity contribution in [2.24, 2.45) is 0 Å². The molecule has 1 aliphatic rings. The second kappa shape index (κ2) is 7.90. The largest absolute Gasteiger partial charge is 0.508 e. The number of fused-ring (bicyclic) bond motifs is 1. The van der Waals surface area contributed by atoms with Crippen LogP contribution in [0.1, 0.15) is 23.6 Å². The van der Waals surface area contributed by atoms with Crippen molar-refractivity contribution in [2.75, 3.05) is 0 Å². The van der Waals surface area contributed by atoms with Gasteiger partial charge in [-0.2, -0.15) is 0 Å². The fraction of sp³-hybridized carbons (Fsp3) is 0.0667. The SMILES string of the molecule is C=C1C(C)=C(c2ccc(O)c(C)c2)Oc2ccc(-c3ccc(-c4ccccc4)cc3)cc21. The fourth-order valence-corrected chi connectivity index (χ4v) is 4.12. The first-order chi connectivity index (χ1) is 15.5. The Kier molecular flexibility index (Phi) is 4.91. The van der Waals surface area contributed by atoms with Crippen molar-refractivity contribution in [2.45, 2.75) is 13.8 Å². The van der Waals surface area contributed by atoms with Crippen LogP contribution in [0.3, 0.4) is 0 Å². The number of benzene rings is 4. The van der Waals surface area contributed by atoms with Gasteiger partial charge in [-0.1, -0.05) is 67.2 Å². The summed E-state index contributed by atoms with van der Waals surface area (Å²) in [4.78, 5) is 0. The Balaban J connectivity index is 1.47. The summed E-state index contributed by atoms with van der Waals surface area (Å²) < 4.78 is 6.30. The van der Waals surface area contributed by atoms with E-state index in [4.69, 9.17) is 4.74 Å². The first kappa shape index (κ1) is 19.9. The Morgan fingerprint density at radius 3 is 1.94 bits per heavy atom. The minimum atomic E-state index is 0.282. The monoisotopic (exact) mass is 416 g/mol. The van der Waals surface area contributed by atoms with Crippen LogP contribution in [0.5, 0.6) is 11.5 Å². The maximum absolute atomic E-state index is 9.86. The number of allylic oxidation sites excluding steroid dienone is 2. The summed E-state index contributed by atoms with van der Waals surface area (Å²) in [7, 11) is 0. The number of rotatable bonds is 3. The van der Waals surface area contributed by atoms with Gasteiger partial charge in [0.05, 0.1) is 0 Å². The number of hydrogen-bond acceptors (Lipinski definition) is 2. The van der Waals surface area contributed by atoms with E-state index in [9.17, 15) is 5.11 Å². The van der Waals surface area contributed by atoms with E-state index < -0.39 is 0 Å². The number of phenolic OH excluding ortho intramolecular Hbond substituents is 1. The van der Waals surface area contributed by atoms with Crippen LogP contribution in [0, 0.1) is 6.92 Å². The van der Waals surface area contributed by atoms with E-state index in [1.165, 1.54) is 11.1 Å². The lowest BCUT2D eigenvalue weighted by atomic mass is 9.91. The molecule has 4 aromatic rings. The predicted octanol–water partition coefficient (Wildman–Crippen LogP) is 7.87. The molecule has 0 aliphatic carbocycles. The Morgan fingerprint density at radius 2 is 1.25 bits per heavy atom. The maximum Gasteiger partial charge on any atom is 0.138 e. The van der Waals surface area contributed by atoms with Crippen LogP contribution in [-0.4, -0.2) is 5.11 Å². The van der Waals surface area contributed by atoms with Crippen molar-refractivity contribution in [1.29, 1.82) is 0 Å². The zero-order valence-electron chi connectivity index (χ0n) is 18.2. The standard InChI is InChI=1S/C30H24O2/c1-19-17-26(13-15-28(19)31)30-21(3)20(2)27-18-25(14-16-29(27)32-30)24-11-9-23(10-12-24)22-7-5-4-6-8-22/h4-18,31H,2H2,1,3H3. The highest BCUT2D eigenvalue weighted by atomic mass is 16.5. The molecule has 0 amide bonds. The third kappa shape index (κ3) is 3.50. The highest BCUT2D eigenvalue weighted by Crippen LogP contribution is 2.43. The predicted molar refractivity (Wildman–Crippen MR) is 132 cm³/mol. The Bertz CT molecular complexity index is 1360. The molecule has 0 unspecified atom stereocenters. The molecule has 1 heterocycles. The molecule has 2 nitrogen and oxygen atoms in total. The first-order valence-corrected chi connectivity index (χ1v) is 10.7. The number of phenols is 1. The van der Waals surface area contributed by atoms with Crippen LogP contribution < -0.4 is 4.74 Å². The smallest absolute Gasteiger partial charge is 0.138 e. The number of ether oxygens (including phenoxy) is 1. The molecule has 0 aromatic heterocycles. The molecule has 0 atom stereocenters. The summed E-state index contributed by atoms with van der Waals surface area (Å²) in [6.07, 6.45) is 0. The maximum atomic E-state index is 9.86. The third-order valence-electron chi connectivity index (χ3n) is 6.09. The van der Waals surface area contributed by atoms with Gasteiger partial charge in [0, 0.05) is 11.1 Å². The zero-order chi connectivity index (χ0) is 22.2. The molecule has 0 radical (unpaired) electrons. The average molecular weight is 417 g/mol. The average Bonchev–Trinajstić information content (AvgIpc) is 2.84. The summed E-state index contributed by atoms with van der Waals surface area (Å²) in [5.41, 5.74) is 9.41. The zero-order valence-corrected chi connectivity index (χ0v) is 18.2. The van der Waals surface area contributed by atoms with Gasteiger partial charge >= 0.3 is 0 Å². The Hall–Kier alpha value is -4.04. The molecule has 4 aromatic carbocycles. The van der Waals surface area contributed by atoms with Crippen LogP contribution in [0.15, 0.2) is 103 Å². The Labute approximate surface area is 188 Å². The third-order valence-corrected chi connectivity index (χ3v) is 6.09. The molecule has 0 spiro atoms. The number of aromatic hydroxyl groups is 1.